The SMILES string of the molecule is NC(=O)c1c(F)cc(Br)cc1NC1CCN(C(=O)c2ccoc2)CC1. The Kier molecular flexibility index (Phi) is 5.08. The number of hydrogen-bond donors (Lipinski definition) is 2. The van der Waals surface area contributed by atoms with Crippen LogP contribution >= 0.6 is 15.9 Å². The number of carbonyl (C=O) groups is 2. The lowest BCUT2D eigenvalue weighted by Gasteiger charge is -2.33. The predicted molar refractivity (Wildman–Crippen MR) is 93.9 cm³/mol. The summed E-state index contributed by atoms with van der Waals surface area (Å²) in [6.45, 7) is 1.12. The molecule has 0 bridgehead atoms. The van der Waals surface area contributed by atoms with Gasteiger partial charge in [0.05, 0.1) is 23.1 Å². The molecule has 132 valence electrons. The highest BCUT2D eigenvalue weighted by atomic mass is 79.9. The Morgan fingerprint density at radius 2 is 2.04 bits per heavy atom. The molecule has 25 heavy (non-hydrogen) atoms. The Bertz CT molecular complexity index is 787. The van der Waals surface area contributed by atoms with E-state index in [9.17, 15) is 14.0 Å². The van der Waals surface area contributed by atoms with Crippen molar-refractivity contribution in [1.82, 2.24) is 4.90 Å². The number of amides is 2. The molecule has 8 heteroatoms. The molecular formula is C17H17BrFN3O3. The normalized spacial score (nSPS) is 15.2. The number of likely N-dealkylation sites (tertiary alicyclic amines) is 1. The van der Waals surface area contributed by atoms with Crippen molar-refractivity contribution in [2.45, 2.75) is 18.9 Å². The lowest BCUT2D eigenvalue weighted by atomic mass is 10.0. The van der Waals surface area contributed by atoms with E-state index >= 15 is 0 Å². The lowest BCUT2D eigenvalue weighted by molar-refractivity contribution is 0.0717. The maximum absolute atomic E-state index is 14.0. The summed E-state index contributed by atoms with van der Waals surface area (Å²) < 4.78 is 19.5. The smallest absolute Gasteiger partial charge is 0.257 e. The molecule has 2 heterocycles. The van der Waals surface area contributed by atoms with Crippen LogP contribution in [0.1, 0.15) is 33.6 Å². The topological polar surface area (TPSA) is 88.6 Å². The third kappa shape index (κ3) is 3.84. The van der Waals surface area contributed by atoms with Crippen molar-refractivity contribution < 1.29 is 18.4 Å². The third-order valence-corrected chi connectivity index (χ3v) is 4.67. The maximum Gasteiger partial charge on any atom is 0.257 e. The minimum Gasteiger partial charge on any atom is -0.472 e. The number of nitrogens with one attached hydrogen (secondary N) is 1. The molecule has 6 nitrogen and oxygen atoms in total. The molecule has 1 aromatic carbocycles. The zero-order valence-corrected chi connectivity index (χ0v) is 14.9. The van der Waals surface area contributed by atoms with E-state index in [0.29, 0.717) is 41.7 Å². The number of carbonyl (C=O) groups excluding carboxylic acids is 2. The van der Waals surface area contributed by atoms with Gasteiger partial charge in [-0.2, -0.15) is 0 Å². The standard InChI is InChI=1S/C17H17BrFN3O3/c18-11-7-13(19)15(16(20)23)14(8-11)21-12-1-4-22(5-2-12)17(24)10-3-6-25-9-10/h3,6-9,12,21H,1-2,4-5H2,(H2,20,23). The first-order valence-corrected chi connectivity index (χ1v) is 8.62. The molecule has 0 saturated carbocycles. The lowest BCUT2D eigenvalue weighted by Crippen LogP contribution is -2.42. The van der Waals surface area contributed by atoms with Gasteiger partial charge in [0.1, 0.15) is 12.1 Å². The van der Waals surface area contributed by atoms with Gasteiger partial charge in [-0.05, 0) is 31.0 Å². The highest BCUT2D eigenvalue weighted by Crippen LogP contribution is 2.27. The highest BCUT2D eigenvalue weighted by molar-refractivity contribution is 9.10. The quantitative estimate of drug-likeness (QED) is 0.811. The van der Waals surface area contributed by atoms with Crippen molar-refractivity contribution in [2.24, 2.45) is 5.73 Å². The van der Waals surface area contributed by atoms with Crippen LogP contribution in [0, 0.1) is 5.82 Å². The van der Waals surface area contributed by atoms with Crippen molar-refractivity contribution in [3.05, 3.63) is 52.1 Å². The van der Waals surface area contributed by atoms with Gasteiger partial charge in [-0.3, -0.25) is 9.59 Å². The fourth-order valence-corrected chi connectivity index (χ4v) is 3.38. The first-order valence-electron chi connectivity index (χ1n) is 7.82. The van der Waals surface area contributed by atoms with Crippen molar-refractivity contribution in [3.8, 4) is 0 Å². The summed E-state index contributed by atoms with van der Waals surface area (Å²) >= 11 is 3.22. The van der Waals surface area contributed by atoms with Gasteiger partial charge in [0.25, 0.3) is 11.8 Å². The van der Waals surface area contributed by atoms with E-state index in [1.807, 2.05) is 0 Å². The van der Waals surface area contributed by atoms with Crippen LogP contribution in [0.2, 0.25) is 0 Å². The molecule has 2 amide bonds. The molecule has 0 spiro atoms. The van der Waals surface area contributed by atoms with Crippen molar-refractivity contribution in [2.75, 3.05) is 18.4 Å². The van der Waals surface area contributed by atoms with Gasteiger partial charge in [-0.1, -0.05) is 15.9 Å². The second kappa shape index (κ2) is 7.26. The van der Waals surface area contributed by atoms with E-state index in [4.69, 9.17) is 10.2 Å². The molecule has 2 aromatic rings. The Labute approximate surface area is 152 Å². The van der Waals surface area contributed by atoms with Gasteiger partial charge in [-0.15, -0.1) is 0 Å². The third-order valence-electron chi connectivity index (χ3n) is 4.21. The first kappa shape index (κ1) is 17.5. The largest absolute Gasteiger partial charge is 0.472 e. The molecule has 0 radical (unpaired) electrons. The number of primary amides is 1. The minimum absolute atomic E-state index is 0.0141. The van der Waals surface area contributed by atoms with Gasteiger partial charge in [0, 0.05) is 23.6 Å². The summed E-state index contributed by atoms with van der Waals surface area (Å²) in [6, 6.07) is 4.49. The molecule has 0 aliphatic carbocycles. The van der Waals surface area contributed by atoms with Crippen LogP contribution in [0.15, 0.2) is 39.6 Å². The van der Waals surface area contributed by atoms with Crippen molar-refractivity contribution >= 4 is 33.4 Å². The average molecular weight is 410 g/mol. The number of anilines is 1. The van der Waals surface area contributed by atoms with Crippen LogP contribution in [0.4, 0.5) is 10.1 Å². The molecular weight excluding hydrogens is 393 g/mol. The van der Waals surface area contributed by atoms with Crippen LogP contribution in [-0.2, 0) is 0 Å². The summed E-state index contributed by atoms with van der Waals surface area (Å²) in [6.07, 6.45) is 4.25. The number of piperidine rings is 1. The van der Waals surface area contributed by atoms with Gasteiger partial charge in [0.2, 0.25) is 0 Å². The Balaban J connectivity index is 1.67. The van der Waals surface area contributed by atoms with Gasteiger partial charge in [0.15, 0.2) is 0 Å². The van der Waals surface area contributed by atoms with Gasteiger partial charge in [-0.25, -0.2) is 4.39 Å². The summed E-state index contributed by atoms with van der Waals surface area (Å²) in [7, 11) is 0. The Morgan fingerprint density at radius 1 is 1.32 bits per heavy atom. The van der Waals surface area contributed by atoms with E-state index in [0.717, 1.165) is 0 Å². The highest BCUT2D eigenvalue weighted by Gasteiger charge is 2.25. The fourth-order valence-electron chi connectivity index (χ4n) is 2.95. The van der Waals surface area contributed by atoms with E-state index in [1.54, 1.807) is 17.0 Å². The zero-order chi connectivity index (χ0) is 18.0. The van der Waals surface area contributed by atoms with Crippen molar-refractivity contribution in [3.63, 3.8) is 0 Å². The van der Waals surface area contributed by atoms with E-state index in [-0.39, 0.29) is 17.5 Å². The molecule has 0 unspecified atom stereocenters. The molecule has 1 fully saturated rings. The number of rotatable bonds is 4. The molecule has 1 aliphatic rings. The molecule has 3 N–H and O–H groups in total. The van der Waals surface area contributed by atoms with Gasteiger partial charge < -0.3 is 20.4 Å². The number of nitrogens with two attached hydrogens (primary N) is 1. The van der Waals surface area contributed by atoms with E-state index in [2.05, 4.69) is 21.2 Å². The fraction of sp³-hybridized carbons (Fsp3) is 0.294. The monoisotopic (exact) mass is 409 g/mol. The summed E-state index contributed by atoms with van der Waals surface area (Å²) in [5.74, 6) is -1.56. The minimum atomic E-state index is -0.819. The number of halogens is 2. The van der Waals surface area contributed by atoms with E-state index in [1.165, 1.54) is 18.6 Å². The Morgan fingerprint density at radius 3 is 2.64 bits per heavy atom. The molecule has 1 aliphatic heterocycles. The first-order chi connectivity index (χ1) is 12.0. The average Bonchev–Trinajstić information content (AvgIpc) is 3.08. The summed E-state index contributed by atoms with van der Waals surface area (Å²) in [5, 5.41) is 3.18. The molecule has 1 saturated heterocycles. The number of benzene rings is 1. The number of hydrogen-bond acceptors (Lipinski definition) is 4. The van der Waals surface area contributed by atoms with Crippen LogP contribution in [0.25, 0.3) is 0 Å². The van der Waals surface area contributed by atoms with Gasteiger partial charge >= 0.3 is 0 Å². The van der Waals surface area contributed by atoms with Crippen LogP contribution in [0.5, 0.6) is 0 Å². The second-order valence-corrected chi connectivity index (χ2v) is 6.81. The summed E-state index contributed by atoms with van der Waals surface area (Å²) in [5.41, 5.74) is 6.02. The second-order valence-electron chi connectivity index (χ2n) is 5.90. The zero-order valence-electron chi connectivity index (χ0n) is 13.3. The molecule has 0 atom stereocenters. The molecule has 3 rings (SSSR count). The van der Waals surface area contributed by atoms with Crippen LogP contribution < -0.4 is 11.1 Å². The van der Waals surface area contributed by atoms with Crippen LogP contribution in [0.3, 0.4) is 0 Å². The summed E-state index contributed by atoms with van der Waals surface area (Å²) in [4.78, 5) is 25.6. The molecule has 1 aromatic heterocycles. The van der Waals surface area contributed by atoms with Crippen molar-refractivity contribution in [1.29, 1.82) is 0 Å². The predicted octanol–water partition coefficient (Wildman–Crippen LogP) is 3.00. The van der Waals surface area contributed by atoms with Crippen LogP contribution in [-0.4, -0.2) is 35.8 Å². The number of furan rings is 1. The number of nitrogens with zero attached hydrogens (tertiary/aromatic N) is 1. The Hall–Kier alpha value is -2.35. The maximum atomic E-state index is 14.0. The van der Waals surface area contributed by atoms with E-state index < -0.39 is 11.7 Å².